The number of nitrogen functional groups attached to an aromatic ring is 1. The van der Waals surface area contributed by atoms with Gasteiger partial charge in [0.15, 0.2) is 0 Å². The van der Waals surface area contributed by atoms with E-state index in [0.717, 1.165) is 6.42 Å². The summed E-state index contributed by atoms with van der Waals surface area (Å²) in [6, 6.07) is 7.08. The molecule has 0 fully saturated rings. The van der Waals surface area contributed by atoms with Crippen molar-refractivity contribution in [2.24, 2.45) is 5.41 Å². The topological polar surface area (TPSA) is 61.5 Å². The molecule has 0 aliphatic carbocycles. The van der Waals surface area contributed by atoms with Gasteiger partial charge in [0, 0.05) is 5.69 Å². The quantitative estimate of drug-likeness (QED) is 0.634. The lowest BCUT2D eigenvalue weighted by Gasteiger charge is -2.17. The van der Waals surface area contributed by atoms with Gasteiger partial charge in [0.2, 0.25) is 0 Å². The van der Waals surface area contributed by atoms with E-state index in [4.69, 9.17) is 15.2 Å². The molecule has 1 rings (SSSR count). The van der Waals surface area contributed by atoms with Gasteiger partial charge in [0.25, 0.3) is 0 Å². The highest BCUT2D eigenvalue weighted by Gasteiger charge is 2.11. The minimum atomic E-state index is -0.223. The Bertz CT molecular complexity index is 393. The number of benzene rings is 1. The molecule has 2 N–H and O–H groups in total. The zero-order valence-corrected chi connectivity index (χ0v) is 11.9. The Labute approximate surface area is 114 Å². The molecule has 1 aromatic carbocycles. The van der Waals surface area contributed by atoms with E-state index >= 15 is 0 Å². The largest absolute Gasteiger partial charge is 0.493 e. The minimum Gasteiger partial charge on any atom is -0.493 e. The third kappa shape index (κ3) is 7.34. The van der Waals surface area contributed by atoms with Crippen molar-refractivity contribution in [3.05, 3.63) is 24.3 Å². The normalized spacial score (nSPS) is 11.1. The maximum atomic E-state index is 11.5. The van der Waals surface area contributed by atoms with Crippen molar-refractivity contribution in [1.29, 1.82) is 0 Å². The molecule has 0 atom stereocenters. The molecule has 0 bridgehead atoms. The van der Waals surface area contributed by atoms with Gasteiger partial charge in [-0.25, -0.2) is 0 Å². The number of esters is 1. The second-order valence-corrected chi connectivity index (χ2v) is 5.70. The molecular weight excluding hydrogens is 242 g/mol. The average Bonchev–Trinajstić information content (AvgIpc) is 2.30. The first-order valence-corrected chi connectivity index (χ1v) is 6.51. The van der Waals surface area contributed by atoms with Crippen LogP contribution in [0.25, 0.3) is 0 Å². The second kappa shape index (κ2) is 7.02. The number of nitrogens with two attached hydrogens (primary N) is 1. The summed E-state index contributed by atoms with van der Waals surface area (Å²) in [6.07, 6.45) is 1.12. The molecule has 0 heterocycles. The predicted octanol–water partition coefficient (Wildman–Crippen LogP) is 3.02. The lowest BCUT2D eigenvalue weighted by atomic mass is 9.93. The lowest BCUT2D eigenvalue weighted by molar-refractivity contribution is -0.144. The summed E-state index contributed by atoms with van der Waals surface area (Å²) in [6.45, 7) is 7.13. The Hall–Kier alpha value is -1.71. The summed E-state index contributed by atoms with van der Waals surface area (Å²) >= 11 is 0. The molecule has 0 aliphatic rings. The highest BCUT2D eigenvalue weighted by molar-refractivity contribution is 5.69. The predicted molar refractivity (Wildman–Crippen MR) is 76.0 cm³/mol. The maximum Gasteiger partial charge on any atom is 0.309 e. The Morgan fingerprint density at radius 2 is 1.79 bits per heavy atom. The van der Waals surface area contributed by atoms with Crippen molar-refractivity contribution in [3.63, 3.8) is 0 Å². The lowest BCUT2D eigenvalue weighted by Crippen LogP contribution is -2.15. The Morgan fingerprint density at radius 3 is 2.37 bits per heavy atom. The van der Waals surface area contributed by atoms with Gasteiger partial charge in [-0.3, -0.25) is 4.79 Å². The molecule has 0 amide bonds. The molecule has 0 saturated carbocycles. The molecular formula is C15H23NO3. The molecule has 106 valence electrons. The number of hydrogen-bond donors (Lipinski definition) is 1. The average molecular weight is 265 g/mol. The molecule has 0 aliphatic heterocycles. The van der Waals surface area contributed by atoms with Crippen molar-refractivity contribution in [2.45, 2.75) is 33.6 Å². The maximum absolute atomic E-state index is 11.5. The van der Waals surface area contributed by atoms with E-state index in [-0.39, 0.29) is 17.8 Å². The third-order valence-corrected chi connectivity index (χ3v) is 2.57. The van der Waals surface area contributed by atoms with Crippen LogP contribution in [0, 0.1) is 5.41 Å². The number of rotatable bonds is 6. The molecule has 19 heavy (non-hydrogen) atoms. The van der Waals surface area contributed by atoms with Crippen LogP contribution in [0.1, 0.15) is 33.6 Å². The molecule has 0 spiro atoms. The molecule has 0 unspecified atom stereocenters. The van der Waals surface area contributed by atoms with Crippen LogP contribution in [-0.2, 0) is 9.53 Å². The first-order valence-electron chi connectivity index (χ1n) is 6.51. The van der Waals surface area contributed by atoms with E-state index < -0.39 is 0 Å². The van der Waals surface area contributed by atoms with E-state index in [1.54, 1.807) is 24.3 Å². The van der Waals surface area contributed by atoms with Gasteiger partial charge in [-0.15, -0.1) is 0 Å². The van der Waals surface area contributed by atoms with Crippen LogP contribution in [0.2, 0.25) is 0 Å². The highest BCUT2D eigenvalue weighted by Crippen LogP contribution is 2.18. The van der Waals surface area contributed by atoms with Gasteiger partial charge in [-0.05, 0) is 36.1 Å². The van der Waals surface area contributed by atoms with Gasteiger partial charge in [-0.1, -0.05) is 20.8 Å². The summed E-state index contributed by atoms with van der Waals surface area (Å²) < 4.78 is 10.6. The van der Waals surface area contributed by atoms with Crippen LogP contribution in [-0.4, -0.2) is 19.2 Å². The van der Waals surface area contributed by atoms with Crippen LogP contribution >= 0.6 is 0 Å². The number of ether oxygens (including phenoxy) is 2. The Morgan fingerprint density at radius 1 is 1.16 bits per heavy atom. The Kier molecular flexibility index (Phi) is 5.67. The smallest absolute Gasteiger partial charge is 0.309 e. The van der Waals surface area contributed by atoms with Crippen molar-refractivity contribution >= 4 is 11.7 Å². The zero-order chi connectivity index (χ0) is 14.3. The van der Waals surface area contributed by atoms with Gasteiger partial charge < -0.3 is 15.2 Å². The Balaban J connectivity index is 2.15. The van der Waals surface area contributed by atoms with Crippen LogP contribution in [0.3, 0.4) is 0 Å². The van der Waals surface area contributed by atoms with Gasteiger partial charge in [-0.2, -0.15) is 0 Å². The van der Waals surface area contributed by atoms with E-state index in [1.165, 1.54) is 0 Å². The fourth-order valence-corrected chi connectivity index (χ4v) is 1.36. The van der Waals surface area contributed by atoms with Crippen LogP contribution in [0.5, 0.6) is 5.75 Å². The van der Waals surface area contributed by atoms with Crippen molar-refractivity contribution in [2.75, 3.05) is 18.9 Å². The van der Waals surface area contributed by atoms with E-state index in [1.807, 2.05) is 0 Å². The van der Waals surface area contributed by atoms with Gasteiger partial charge in [0.1, 0.15) is 5.75 Å². The summed E-state index contributed by atoms with van der Waals surface area (Å²) in [5.41, 5.74) is 6.43. The highest BCUT2D eigenvalue weighted by atomic mass is 16.5. The summed E-state index contributed by atoms with van der Waals surface area (Å²) in [4.78, 5) is 11.5. The first kappa shape index (κ1) is 15.3. The molecule has 0 aromatic heterocycles. The van der Waals surface area contributed by atoms with Gasteiger partial charge >= 0.3 is 5.97 Å². The summed E-state index contributed by atoms with van der Waals surface area (Å²) in [5.74, 6) is 0.483. The van der Waals surface area contributed by atoms with Crippen LogP contribution < -0.4 is 10.5 Å². The molecule has 0 saturated heterocycles. The SMILES string of the molecule is CC(C)(C)CCOC(=O)CCOc1ccc(N)cc1. The standard InChI is InChI=1S/C15H23NO3/c1-15(2,3)9-11-19-14(17)8-10-18-13-6-4-12(16)5-7-13/h4-7H,8-11,16H2,1-3H3. The fraction of sp³-hybridized carbons (Fsp3) is 0.533. The van der Waals surface area contributed by atoms with Crippen LogP contribution in [0.4, 0.5) is 5.69 Å². The third-order valence-electron chi connectivity index (χ3n) is 2.57. The second-order valence-electron chi connectivity index (χ2n) is 5.70. The van der Waals surface area contributed by atoms with Crippen molar-refractivity contribution in [1.82, 2.24) is 0 Å². The van der Waals surface area contributed by atoms with Gasteiger partial charge in [0.05, 0.1) is 19.6 Å². The van der Waals surface area contributed by atoms with E-state index in [2.05, 4.69) is 20.8 Å². The van der Waals surface area contributed by atoms with Crippen molar-refractivity contribution < 1.29 is 14.3 Å². The first-order chi connectivity index (χ1) is 8.87. The molecule has 0 radical (unpaired) electrons. The number of anilines is 1. The molecule has 4 heteroatoms. The summed E-state index contributed by atoms with van der Waals surface area (Å²) in [7, 11) is 0. The van der Waals surface area contributed by atoms with Crippen LogP contribution in [0.15, 0.2) is 24.3 Å². The number of hydrogen-bond acceptors (Lipinski definition) is 4. The monoisotopic (exact) mass is 265 g/mol. The molecule has 4 nitrogen and oxygen atoms in total. The minimum absolute atomic E-state index is 0.181. The molecule has 1 aromatic rings. The number of carbonyl (C=O) groups is 1. The zero-order valence-electron chi connectivity index (χ0n) is 11.9. The van der Waals surface area contributed by atoms with Crippen molar-refractivity contribution in [3.8, 4) is 5.75 Å². The fourth-order valence-electron chi connectivity index (χ4n) is 1.36. The van der Waals surface area contributed by atoms with E-state index in [9.17, 15) is 4.79 Å². The summed E-state index contributed by atoms with van der Waals surface area (Å²) in [5, 5.41) is 0. The number of carbonyl (C=O) groups excluding carboxylic acids is 1. The van der Waals surface area contributed by atoms with E-state index in [0.29, 0.717) is 24.7 Å².